The number of hydrogen-bond acceptors (Lipinski definition) is 5. The van der Waals surface area contributed by atoms with Gasteiger partial charge in [0, 0.05) is 12.2 Å². The first kappa shape index (κ1) is 18.7. The number of para-hydroxylation sites is 1. The minimum absolute atomic E-state index is 0.0675. The highest BCUT2D eigenvalue weighted by Crippen LogP contribution is 2.23. The summed E-state index contributed by atoms with van der Waals surface area (Å²) in [5.74, 6) is 0.230. The van der Waals surface area contributed by atoms with Crippen molar-refractivity contribution in [3.63, 3.8) is 0 Å². The Morgan fingerprint density at radius 2 is 1.74 bits per heavy atom. The first-order chi connectivity index (χ1) is 13.1. The highest BCUT2D eigenvalue weighted by atomic mass is 32.2. The van der Waals surface area contributed by atoms with E-state index in [0.29, 0.717) is 22.8 Å². The Balaban J connectivity index is 1.75. The van der Waals surface area contributed by atoms with Crippen molar-refractivity contribution in [1.29, 1.82) is 0 Å². The number of nitrogen functional groups attached to an aromatic ring is 1. The summed E-state index contributed by atoms with van der Waals surface area (Å²) in [7, 11) is 0. The van der Waals surface area contributed by atoms with Crippen molar-refractivity contribution in [1.82, 2.24) is 9.97 Å². The van der Waals surface area contributed by atoms with Gasteiger partial charge in [0.1, 0.15) is 5.82 Å². The maximum absolute atomic E-state index is 12.6. The largest absolute Gasteiger partial charge is 0.383 e. The molecule has 27 heavy (non-hydrogen) atoms. The molecule has 2 aromatic carbocycles. The Kier molecular flexibility index (Phi) is 5.93. The number of nitrogens with two attached hydrogens (primary N) is 1. The van der Waals surface area contributed by atoms with Crippen LogP contribution in [0.1, 0.15) is 6.92 Å². The summed E-state index contributed by atoms with van der Waals surface area (Å²) in [6.45, 7) is 2.48. The summed E-state index contributed by atoms with van der Waals surface area (Å²) >= 11 is 1.16. The minimum atomic E-state index is -0.320. The van der Waals surface area contributed by atoms with Gasteiger partial charge in [0.2, 0.25) is 5.91 Å². The fourth-order valence-electron chi connectivity index (χ4n) is 2.74. The van der Waals surface area contributed by atoms with Crippen LogP contribution in [0.2, 0.25) is 0 Å². The lowest BCUT2D eigenvalue weighted by molar-refractivity contribution is -0.116. The average molecular weight is 380 g/mol. The predicted molar refractivity (Wildman–Crippen MR) is 110 cm³/mol. The van der Waals surface area contributed by atoms with Crippen LogP contribution < -0.4 is 16.2 Å². The lowest BCUT2D eigenvalue weighted by atomic mass is 10.1. The summed E-state index contributed by atoms with van der Waals surface area (Å²) in [5, 5.41) is 0.328. The zero-order chi connectivity index (χ0) is 19.2. The second-order valence-corrected chi connectivity index (χ2v) is 6.72. The molecule has 0 saturated carbocycles. The number of rotatable bonds is 6. The minimum Gasteiger partial charge on any atom is -0.383 e. The number of benzene rings is 2. The smallest absolute Gasteiger partial charge is 0.261 e. The van der Waals surface area contributed by atoms with Gasteiger partial charge in [0.15, 0.2) is 5.16 Å². The molecule has 7 heteroatoms. The Labute approximate surface area is 161 Å². The van der Waals surface area contributed by atoms with Gasteiger partial charge in [-0.2, -0.15) is 0 Å². The van der Waals surface area contributed by atoms with Gasteiger partial charge in [-0.05, 0) is 24.6 Å². The molecule has 0 atom stereocenters. The number of nitrogens with one attached hydrogen (secondary N) is 1. The lowest BCUT2D eigenvalue weighted by Crippen LogP contribution is -2.32. The molecule has 0 unspecified atom stereocenters. The van der Waals surface area contributed by atoms with Crippen LogP contribution in [0.4, 0.5) is 11.5 Å². The highest BCUT2D eigenvalue weighted by Gasteiger charge is 2.16. The van der Waals surface area contributed by atoms with Gasteiger partial charge < -0.3 is 15.6 Å². The lowest BCUT2D eigenvalue weighted by Gasteiger charge is -2.20. The summed E-state index contributed by atoms with van der Waals surface area (Å²) in [6.07, 6.45) is 0. The molecule has 1 heterocycles. The first-order valence-corrected chi connectivity index (χ1v) is 9.52. The van der Waals surface area contributed by atoms with Crippen LogP contribution >= 0.6 is 11.8 Å². The number of anilines is 2. The second-order valence-electron chi connectivity index (χ2n) is 5.76. The van der Waals surface area contributed by atoms with Crippen molar-refractivity contribution in [3.05, 3.63) is 71.0 Å². The summed E-state index contributed by atoms with van der Waals surface area (Å²) in [6, 6.07) is 18.6. The molecular formula is C20H20N4O2S. The van der Waals surface area contributed by atoms with Crippen LogP contribution in [-0.4, -0.2) is 28.2 Å². The van der Waals surface area contributed by atoms with E-state index in [1.165, 1.54) is 0 Å². The van der Waals surface area contributed by atoms with Gasteiger partial charge >= 0.3 is 0 Å². The maximum Gasteiger partial charge on any atom is 0.261 e. The Bertz CT molecular complexity index is 974. The molecule has 1 aromatic heterocycles. The topological polar surface area (TPSA) is 92.1 Å². The number of aromatic nitrogens is 2. The number of aromatic amines is 1. The van der Waals surface area contributed by atoms with Crippen molar-refractivity contribution >= 4 is 29.2 Å². The molecule has 0 bridgehead atoms. The molecule has 0 radical (unpaired) electrons. The number of carbonyl (C=O) groups excluding carboxylic acids is 1. The van der Waals surface area contributed by atoms with Crippen molar-refractivity contribution in [2.24, 2.45) is 0 Å². The van der Waals surface area contributed by atoms with E-state index in [9.17, 15) is 9.59 Å². The second kappa shape index (κ2) is 8.55. The standard InChI is InChI=1S/C20H20N4O2S/c1-2-24(15-11-7-4-8-12-15)16(25)13-27-20-22-18(21)17(19(26)23-20)14-9-5-3-6-10-14/h3-12H,2,13H2,1H3,(H3,21,22,23,26). The van der Waals surface area contributed by atoms with E-state index in [0.717, 1.165) is 17.4 Å². The zero-order valence-electron chi connectivity index (χ0n) is 14.9. The SMILES string of the molecule is CCN(C(=O)CSc1nc(N)c(-c2ccccc2)c(=O)[nH]1)c1ccccc1. The van der Waals surface area contributed by atoms with Crippen LogP contribution in [-0.2, 0) is 4.79 Å². The monoisotopic (exact) mass is 380 g/mol. The fraction of sp³-hybridized carbons (Fsp3) is 0.150. The Morgan fingerprint density at radius 3 is 2.33 bits per heavy atom. The van der Waals surface area contributed by atoms with E-state index in [1.54, 1.807) is 17.0 Å². The zero-order valence-corrected chi connectivity index (χ0v) is 15.7. The first-order valence-electron chi connectivity index (χ1n) is 8.53. The Morgan fingerprint density at radius 1 is 1.11 bits per heavy atom. The van der Waals surface area contributed by atoms with Crippen LogP contribution in [0.5, 0.6) is 0 Å². The number of hydrogen-bond donors (Lipinski definition) is 2. The van der Waals surface area contributed by atoms with Gasteiger partial charge in [-0.1, -0.05) is 60.3 Å². The van der Waals surface area contributed by atoms with Gasteiger partial charge in [0.25, 0.3) is 5.56 Å². The summed E-state index contributed by atoms with van der Waals surface area (Å²) < 4.78 is 0. The molecule has 1 amide bonds. The number of thioether (sulfide) groups is 1. The van der Waals surface area contributed by atoms with E-state index in [2.05, 4.69) is 9.97 Å². The number of carbonyl (C=O) groups is 1. The molecule has 3 N–H and O–H groups in total. The van der Waals surface area contributed by atoms with E-state index in [1.807, 2.05) is 55.5 Å². The van der Waals surface area contributed by atoms with E-state index in [4.69, 9.17) is 5.73 Å². The third-order valence-corrected chi connectivity index (χ3v) is 4.86. The molecule has 138 valence electrons. The van der Waals surface area contributed by atoms with E-state index >= 15 is 0 Å². The average Bonchev–Trinajstić information content (AvgIpc) is 2.68. The number of amides is 1. The molecule has 0 fully saturated rings. The molecule has 3 aromatic rings. The third-order valence-electron chi connectivity index (χ3n) is 4.01. The van der Waals surface area contributed by atoms with E-state index < -0.39 is 0 Å². The molecule has 0 saturated heterocycles. The number of nitrogens with zero attached hydrogens (tertiary/aromatic N) is 2. The normalized spacial score (nSPS) is 10.6. The predicted octanol–water partition coefficient (Wildman–Crippen LogP) is 3.16. The molecule has 0 aliphatic heterocycles. The van der Waals surface area contributed by atoms with Crippen LogP contribution in [0.3, 0.4) is 0 Å². The van der Waals surface area contributed by atoms with Gasteiger partial charge in [0.05, 0.1) is 11.3 Å². The van der Waals surface area contributed by atoms with Crippen molar-refractivity contribution in [3.8, 4) is 11.1 Å². The third kappa shape index (κ3) is 4.38. The summed E-state index contributed by atoms with van der Waals surface area (Å²) in [5.41, 5.74) is 7.56. The van der Waals surface area contributed by atoms with E-state index in [-0.39, 0.29) is 23.0 Å². The van der Waals surface area contributed by atoms with Gasteiger partial charge in [-0.25, -0.2) is 4.98 Å². The molecule has 3 rings (SSSR count). The van der Waals surface area contributed by atoms with Crippen LogP contribution in [0.15, 0.2) is 70.6 Å². The number of H-pyrrole nitrogens is 1. The van der Waals surface area contributed by atoms with Crippen molar-refractivity contribution < 1.29 is 4.79 Å². The quantitative estimate of drug-likeness (QED) is 0.506. The fourth-order valence-corrected chi connectivity index (χ4v) is 3.48. The van der Waals surface area contributed by atoms with Crippen LogP contribution in [0.25, 0.3) is 11.1 Å². The van der Waals surface area contributed by atoms with Gasteiger partial charge in [-0.15, -0.1) is 0 Å². The molecule has 6 nitrogen and oxygen atoms in total. The van der Waals surface area contributed by atoms with Gasteiger partial charge in [-0.3, -0.25) is 9.59 Å². The van der Waals surface area contributed by atoms with Crippen molar-refractivity contribution in [2.45, 2.75) is 12.1 Å². The molecule has 0 spiro atoms. The van der Waals surface area contributed by atoms with Crippen molar-refractivity contribution in [2.75, 3.05) is 22.9 Å². The molecule has 0 aliphatic rings. The molecule has 0 aliphatic carbocycles. The summed E-state index contributed by atoms with van der Waals surface area (Å²) in [4.78, 5) is 33.6. The maximum atomic E-state index is 12.6. The molecular weight excluding hydrogens is 360 g/mol. The highest BCUT2D eigenvalue weighted by molar-refractivity contribution is 7.99. The Hall–Kier alpha value is -3.06. The van der Waals surface area contributed by atoms with Crippen LogP contribution in [0, 0.1) is 0 Å².